The van der Waals surface area contributed by atoms with Gasteiger partial charge in [-0.25, -0.2) is 0 Å². The van der Waals surface area contributed by atoms with E-state index in [1.54, 1.807) is 0 Å². The summed E-state index contributed by atoms with van der Waals surface area (Å²) in [7, 11) is 0. The smallest absolute Gasteiger partial charge is 0.234 e. The van der Waals surface area contributed by atoms with Gasteiger partial charge in [0.15, 0.2) is 0 Å². The van der Waals surface area contributed by atoms with E-state index in [-0.39, 0.29) is 11.9 Å². The van der Waals surface area contributed by atoms with Crippen molar-refractivity contribution in [2.75, 3.05) is 6.54 Å². The van der Waals surface area contributed by atoms with E-state index in [1.165, 1.54) is 19.3 Å². The molecule has 0 radical (unpaired) electrons. The highest BCUT2D eigenvalue weighted by atomic mass is 35.5. The monoisotopic (exact) mass is 294 g/mol. The van der Waals surface area contributed by atoms with Gasteiger partial charge in [-0.3, -0.25) is 4.79 Å². The standard InChI is InChI=1S/C16H23ClN2O/c1-12(13-7-9-14(17)10-8-13)18-11-16(20)19-15-5-3-2-4-6-15/h7-10,12,15,18H,2-6,11H2,1H3,(H,19,20)/t12-/m0/s1. The highest BCUT2D eigenvalue weighted by molar-refractivity contribution is 6.30. The number of carbonyl (C=O) groups excluding carboxylic acids is 1. The molecule has 0 unspecified atom stereocenters. The molecule has 0 saturated heterocycles. The number of hydrogen-bond donors (Lipinski definition) is 2. The first-order chi connectivity index (χ1) is 9.65. The zero-order valence-electron chi connectivity index (χ0n) is 12.0. The molecule has 1 amide bonds. The Labute approximate surface area is 126 Å². The third-order valence-corrected chi connectivity index (χ3v) is 4.16. The van der Waals surface area contributed by atoms with Gasteiger partial charge < -0.3 is 10.6 Å². The maximum absolute atomic E-state index is 11.9. The Hall–Kier alpha value is -1.06. The van der Waals surface area contributed by atoms with Crippen molar-refractivity contribution >= 4 is 17.5 Å². The van der Waals surface area contributed by atoms with Crippen molar-refractivity contribution in [3.8, 4) is 0 Å². The van der Waals surface area contributed by atoms with Crippen LogP contribution in [0, 0.1) is 0 Å². The summed E-state index contributed by atoms with van der Waals surface area (Å²) in [5.74, 6) is 0.0951. The average molecular weight is 295 g/mol. The van der Waals surface area contributed by atoms with Crippen LogP contribution in [0.25, 0.3) is 0 Å². The van der Waals surface area contributed by atoms with Crippen LogP contribution in [-0.4, -0.2) is 18.5 Å². The van der Waals surface area contributed by atoms with Crippen molar-refractivity contribution in [2.45, 2.75) is 51.1 Å². The summed E-state index contributed by atoms with van der Waals surface area (Å²) < 4.78 is 0. The fraction of sp³-hybridized carbons (Fsp3) is 0.562. The Kier molecular flexibility index (Phi) is 5.86. The molecule has 4 heteroatoms. The van der Waals surface area contributed by atoms with Crippen molar-refractivity contribution in [3.63, 3.8) is 0 Å². The van der Waals surface area contributed by atoms with Crippen molar-refractivity contribution in [2.24, 2.45) is 0 Å². The molecule has 0 aromatic heterocycles. The lowest BCUT2D eigenvalue weighted by molar-refractivity contribution is -0.121. The topological polar surface area (TPSA) is 41.1 Å². The summed E-state index contributed by atoms with van der Waals surface area (Å²) in [5.41, 5.74) is 1.14. The van der Waals surface area contributed by atoms with E-state index < -0.39 is 0 Å². The SMILES string of the molecule is C[C@H](NCC(=O)NC1CCCCC1)c1ccc(Cl)cc1. The van der Waals surface area contributed by atoms with E-state index in [0.29, 0.717) is 12.6 Å². The van der Waals surface area contributed by atoms with E-state index in [4.69, 9.17) is 11.6 Å². The van der Waals surface area contributed by atoms with Crippen molar-refractivity contribution in [1.82, 2.24) is 10.6 Å². The summed E-state index contributed by atoms with van der Waals surface area (Å²) in [5, 5.41) is 7.10. The van der Waals surface area contributed by atoms with Crippen LogP contribution in [-0.2, 0) is 4.79 Å². The van der Waals surface area contributed by atoms with Gasteiger partial charge >= 0.3 is 0 Å². The minimum absolute atomic E-state index is 0.0951. The molecule has 3 nitrogen and oxygen atoms in total. The Morgan fingerprint density at radius 3 is 2.55 bits per heavy atom. The van der Waals surface area contributed by atoms with E-state index in [2.05, 4.69) is 17.6 Å². The number of nitrogens with one attached hydrogen (secondary N) is 2. The first-order valence-corrected chi connectivity index (χ1v) is 7.81. The molecule has 1 saturated carbocycles. The Bertz CT molecular complexity index is 427. The summed E-state index contributed by atoms with van der Waals surface area (Å²) in [6, 6.07) is 8.24. The number of amides is 1. The molecule has 0 aliphatic heterocycles. The molecule has 1 fully saturated rings. The molecular formula is C16H23ClN2O. The van der Waals surface area contributed by atoms with Crippen LogP contribution in [0.15, 0.2) is 24.3 Å². The normalized spacial score (nSPS) is 17.7. The molecule has 1 atom stereocenters. The quantitative estimate of drug-likeness (QED) is 0.873. The first-order valence-electron chi connectivity index (χ1n) is 7.43. The molecule has 1 aromatic rings. The lowest BCUT2D eigenvalue weighted by Crippen LogP contribution is -2.41. The van der Waals surface area contributed by atoms with Crippen LogP contribution < -0.4 is 10.6 Å². The molecule has 1 aliphatic rings. The van der Waals surface area contributed by atoms with Crippen LogP contribution in [0.5, 0.6) is 0 Å². The highest BCUT2D eigenvalue weighted by Gasteiger charge is 2.16. The molecule has 20 heavy (non-hydrogen) atoms. The lowest BCUT2D eigenvalue weighted by atomic mass is 9.95. The first kappa shape index (κ1) is 15.3. The molecule has 1 aromatic carbocycles. The van der Waals surface area contributed by atoms with E-state index in [9.17, 15) is 4.79 Å². The third-order valence-electron chi connectivity index (χ3n) is 3.91. The second kappa shape index (κ2) is 7.65. The van der Waals surface area contributed by atoms with Gasteiger partial charge in [-0.1, -0.05) is 43.0 Å². The van der Waals surface area contributed by atoms with Gasteiger partial charge in [-0.05, 0) is 37.5 Å². The van der Waals surface area contributed by atoms with Crippen LogP contribution in [0.2, 0.25) is 5.02 Å². The molecule has 2 N–H and O–H groups in total. The highest BCUT2D eigenvalue weighted by Crippen LogP contribution is 2.17. The van der Waals surface area contributed by atoms with Gasteiger partial charge in [0, 0.05) is 17.1 Å². The van der Waals surface area contributed by atoms with Crippen molar-refractivity contribution in [1.29, 1.82) is 0 Å². The van der Waals surface area contributed by atoms with E-state index >= 15 is 0 Å². The van der Waals surface area contributed by atoms with E-state index in [0.717, 1.165) is 23.4 Å². The third kappa shape index (κ3) is 4.80. The fourth-order valence-electron chi connectivity index (χ4n) is 2.64. The molecule has 0 spiro atoms. The number of carbonyl (C=O) groups is 1. The van der Waals surface area contributed by atoms with Crippen LogP contribution in [0.3, 0.4) is 0 Å². The summed E-state index contributed by atoms with van der Waals surface area (Å²) in [6.45, 7) is 2.41. The molecule has 0 bridgehead atoms. The summed E-state index contributed by atoms with van der Waals surface area (Å²) >= 11 is 5.87. The molecule has 0 heterocycles. The van der Waals surface area contributed by atoms with Gasteiger partial charge in [0.05, 0.1) is 6.54 Å². The fourth-order valence-corrected chi connectivity index (χ4v) is 2.77. The second-order valence-electron chi connectivity index (χ2n) is 5.56. The van der Waals surface area contributed by atoms with Crippen molar-refractivity contribution < 1.29 is 4.79 Å². The predicted octanol–water partition coefficient (Wildman–Crippen LogP) is 3.44. The number of rotatable bonds is 5. The number of benzene rings is 1. The van der Waals surface area contributed by atoms with Gasteiger partial charge in [0.25, 0.3) is 0 Å². The Morgan fingerprint density at radius 2 is 1.90 bits per heavy atom. The Balaban J connectivity index is 1.73. The van der Waals surface area contributed by atoms with Gasteiger partial charge in [0.2, 0.25) is 5.91 Å². The largest absolute Gasteiger partial charge is 0.352 e. The molecule has 110 valence electrons. The van der Waals surface area contributed by atoms with E-state index in [1.807, 2.05) is 24.3 Å². The zero-order valence-corrected chi connectivity index (χ0v) is 12.7. The minimum atomic E-state index is 0.0951. The number of hydrogen-bond acceptors (Lipinski definition) is 2. The summed E-state index contributed by atoms with van der Waals surface area (Å²) in [4.78, 5) is 11.9. The maximum Gasteiger partial charge on any atom is 0.234 e. The lowest BCUT2D eigenvalue weighted by Gasteiger charge is -2.23. The average Bonchev–Trinajstić information content (AvgIpc) is 2.46. The minimum Gasteiger partial charge on any atom is -0.352 e. The number of halogens is 1. The second-order valence-corrected chi connectivity index (χ2v) is 5.99. The van der Waals surface area contributed by atoms with Gasteiger partial charge in [0.1, 0.15) is 0 Å². The van der Waals surface area contributed by atoms with Gasteiger partial charge in [-0.2, -0.15) is 0 Å². The summed E-state index contributed by atoms with van der Waals surface area (Å²) in [6.07, 6.45) is 6.02. The Morgan fingerprint density at radius 1 is 1.25 bits per heavy atom. The predicted molar refractivity (Wildman–Crippen MR) is 82.9 cm³/mol. The van der Waals surface area contributed by atoms with Crippen LogP contribution >= 0.6 is 11.6 Å². The maximum atomic E-state index is 11.9. The molecule has 1 aliphatic carbocycles. The molecular weight excluding hydrogens is 272 g/mol. The van der Waals surface area contributed by atoms with Crippen molar-refractivity contribution in [3.05, 3.63) is 34.9 Å². The van der Waals surface area contributed by atoms with Crippen LogP contribution in [0.1, 0.15) is 50.6 Å². The zero-order chi connectivity index (χ0) is 14.4. The molecule has 2 rings (SSSR count). The van der Waals surface area contributed by atoms with Crippen LogP contribution in [0.4, 0.5) is 0 Å². The van der Waals surface area contributed by atoms with Gasteiger partial charge in [-0.15, -0.1) is 0 Å².